The number of carbonyl (C=O) groups is 3. The minimum Gasteiger partial charge on any atom is -0.488 e. The van der Waals surface area contributed by atoms with Crippen molar-refractivity contribution in [3.8, 4) is 22.6 Å². The lowest BCUT2D eigenvalue weighted by atomic mass is 10.0. The van der Waals surface area contributed by atoms with Crippen LogP contribution in [0.25, 0.3) is 27.7 Å². The number of hydrogen-bond acceptors (Lipinski definition) is 9. The Kier molecular flexibility index (Phi) is 11.8. The maximum Gasteiger partial charge on any atom is 0.407 e. The molecule has 3 aromatic carbocycles. The second-order valence-electron chi connectivity index (χ2n) is 15.3. The van der Waals surface area contributed by atoms with Gasteiger partial charge in [-0.3, -0.25) is 19.3 Å². The number of carboxylic acid groups (broad SMARTS) is 1. The molecule has 2 saturated heterocycles. The van der Waals surface area contributed by atoms with Crippen molar-refractivity contribution in [2.24, 2.45) is 0 Å². The quantitative estimate of drug-likeness (QED) is 0.164. The molecule has 2 aliphatic heterocycles. The molecule has 2 aliphatic rings. The van der Waals surface area contributed by atoms with Gasteiger partial charge in [0.15, 0.2) is 0 Å². The van der Waals surface area contributed by atoms with Crippen molar-refractivity contribution in [2.75, 3.05) is 52.4 Å². The number of benzene rings is 3. The fourth-order valence-corrected chi connectivity index (χ4v) is 7.49. The van der Waals surface area contributed by atoms with E-state index >= 15 is 0 Å². The summed E-state index contributed by atoms with van der Waals surface area (Å²) in [4.78, 5) is 43.9. The average molecular weight is 801 g/mol. The highest BCUT2D eigenvalue weighted by Gasteiger charge is 2.41. The van der Waals surface area contributed by atoms with E-state index in [-0.39, 0.29) is 23.6 Å². The van der Waals surface area contributed by atoms with Gasteiger partial charge >= 0.3 is 12.1 Å². The van der Waals surface area contributed by atoms with E-state index in [1.54, 1.807) is 0 Å². The van der Waals surface area contributed by atoms with Crippen molar-refractivity contribution in [3.63, 3.8) is 0 Å². The maximum absolute atomic E-state index is 13.6. The van der Waals surface area contributed by atoms with Crippen LogP contribution >= 0.6 is 11.6 Å². The van der Waals surface area contributed by atoms with Gasteiger partial charge in [-0.25, -0.2) is 18.7 Å². The van der Waals surface area contributed by atoms with E-state index in [9.17, 15) is 23.9 Å². The third kappa shape index (κ3) is 9.72. The molecule has 57 heavy (non-hydrogen) atoms. The van der Waals surface area contributed by atoms with Gasteiger partial charge < -0.3 is 24.8 Å². The highest BCUT2D eigenvalue weighted by molar-refractivity contribution is 6.32. The van der Waals surface area contributed by atoms with Crippen LogP contribution in [0.5, 0.6) is 5.75 Å². The summed E-state index contributed by atoms with van der Waals surface area (Å²) in [6.45, 7) is 12.2. The monoisotopic (exact) mass is 800 g/mol. The Bertz CT molecular complexity index is 2250. The Morgan fingerprint density at radius 3 is 2.46 bits per heavy atom. The number of likely N-dealkylation sites (tertiary alicyclic amines) is 1. The SMILES string of the molecule is CC(C)(C)OC(=O)NCCN1CCN(CCn2cc3c(-c4cccc(O[C@H]5C[C@@H](C(=O)O)N(C(=O)c6cnn(-c7ccc(F)cc7Cl)c6)C5)c4)cccc3n2)CC1. The van der Waals surface area contributed by atoms with Gasteiger partial charge in [-0.1, -0.05) is 35.9 Å². The van der Waals surface area contributed by atoms with Gasteiger partial charge in [-0.2, -0.15) is 10.2 Å². The molecule has 0 unspecified atom stereocenters. The first-order chi connectivity index (χ1) is 27.3. The first-order valence-corrected chi connectivity index (χ1v) is 19.4. The summed E-state index contributed by atoms with van der Waals surface area (Å²) < 4.78 is 28.6. The summed E-state index contributed by atoms with van der Waals surface area (Å²) in [5, 5.41) is 23.1. The third-order valence-corrected chi connectivity index (χ3v) is 10.3. The predicted octanol–water partition coefficient (Wildman–Crippen LogP) is 5.57. The van der Waals surface area contributed by atoms with Gasteiger partial charge in [-0.15, -0.1) is 0 Å². The van der Waals surface area contributed by atoms with Crippen molar-refractivity contribution in [3.05, 3.63) is 95.7 Å². The first kappa shape index (κ1) is 39.7. The number of carbonyl (C=O) groups excluding carboxylic acids is 2. The summed E-state index contributed by atoms with van der Waals surface area (Å²) in [6, 6.07) is 16.4. The van der Waals surface area contributed by atoms with E-state index in [2.05, 4.69) is 26.4 Å². The summed E-state index contributed by atoms with van der Waals surface area (Å²) in [6.07, 6.45) is 3.99. The molecule has 0 saturated carbocycles. The van der Waals surface area contributed by atoms with Gasteiger partial charge in [0.25, 0.3) is 5.91 Å². The molecule has 0 aliphatic carbocycles. The predicted molar refractivity (Wildman–Crippen MR) is 212 cm³/mol. The minimum absolute atomic E-state index is 0.0607. The molecule has 5 aromatic rings. The smallest absolute Gasteiger partial charge is 0.407 e. The molecular formula is C41H46ClFN8O6. The van der Waals surface area contributed by atoms with Crippen LogP contribution in [0.15, 0.2) is 79.3 Å². The highest BCUT2D eigenvalue weighted by Crippen LogP contribution is 2.32. The number of fused-ring (bicyclic) bond motifs is 1. The molecule has 14 nitrogen and oxygen atoms in total. The van der Waals surface area contributed by atoms with E-state index in [0.29, 0.717) is 18.0 Å². The molecule has 2 fully saturated rings. The van der Waals surface area contributed by atoms with Crippen LogP contribution in [0.4, 0.5) is 9.18 Å². The van der Waals surface area contributed by atoms with Crippen LogP contribution in [-0.2, 0) is 16.1 Å². The standard InChI is InChI=1S/C41H46ClFN8O6/c1-41(2,3)57-40(55)44-12-13-47-14-16-48(17-15-47)18-19-49-26-33-32(8-5-9-35(33)46-49)27-6-4-7-30(20-27)56-31-22-37(39(53)54)50(25-31)38(52)28-23-45-51(24-28)36-11-10-29(43)21-34(36)42/h4-11,20-21,23-24,26,31,37H,12-19,22,25H2,1-3H3,(H,44,55)(H,53,54)/t31-,37-/m0/s1. The molecule has 0 radical (unpaired) electrons. The van der Waals surface area contributed by atoms with Crippen LogP contribution in [-0.4, -0.2) is 127 Å². The normalized spacial score (nSPS) is 17.9. The number of carboxylic acids is 1. The number of ether oxygens (including phenoxy) is 2. The van der Waals surface area contributed by atoms with Crippen molar-refractivity contribution in [1.82, 2.24) is 39.6 Å². The fraction of sp³-hybridized carbons (Fsp3) is 0.390. The second-order valence-corrected chi connectivity index (χ2v) is 15.7. The Morgan fingerprint density at radius 2 is 1.72 bits per heavy atom. The third-order valence-electron chi connectivity index (χ3n) is 10.0. The molecule has 0 spiro atoms. The number of amides is 2. The van der Waals surface area contributed by atoms with Crippen molar-refractivity contribution < 1.29 is 33.4 Å². The van der Waals surface area contributed by atoms with E-state index in [1.165, 1.54) is 34.1 Å². The summed E-state index contributed by atoms with van der Waals surface area (Å²) in [5.41, 5.74) is 2.82. The van der Waals surface area contributed by atoms with Crippen LogP contribution < -0.4 is 10.1 Å². The first-order valence-electron chi connectivity index (χ1n) is 19.0. The Morgan fingerprint density at radius 1 is 0.965 bits per heavy atom. The van der Waals surface area contributed by atoms with E-state index in [1.807, 2.05) is 67.9 Å². The number of nitrogens with one attached hydrogen (secondary N) is 1. The number of hydrogen-bond donors (Lipinski definition) is 2. The van der Waals surface area contributed by atoms with Crippen LogP contribution in [0, 0.1) is 5.82 Å². The zero-order valence-electron chi connectivity index (χ0n) is 32.1. The Labute approximate surface area is 334 Å². The molecule has 2 atom stereocenters. The summed E-state index contributed by atoms with van der Waals surface area (Å²) >= 11 is 6.18. The molecular weight excluding hydrogens is 755 g/mol. The van der Waals surface area contributed by atoms with Crippen LogP contribution in [0.1, 0.15) is 37.6 Å². The Hall–Kier alpha value is -5.51. The number of aromatic nitrogens is 4. The maximum atomic E-state index is 13.6. The zero-order valence-corrected chi connectivity index (χ0v) is 32.9. The summed E-state index contributed by atoms with van der Waals surface area (Å²) in [5.74, 6) is -1.59. The molecule has 2 aromatic heterocycles. The molecule has 16 heteroatoms. The van der Waals surface area contributed by atoms with Gasteiger partial charge in [-0.05, 0) is 68.3 Å². The van der Waals surface area contributed by atoms with E-state index < -0.39 is 41.5 Å². The molecule has 4 heterocycles. The fourth-order valence-electron chi connectivity index (χ4n) is 7.24. The van der Waals surface area contributed by atoms with Gasteiger partial charge in [0.2, 0.25) is 0 Å². The van der Waals surface area contributed by atoms with E-state index in [0.717, 1.165) is 73.9 Å². The van der Waals surface area contributed by atoms with Gasteiger partial charge in [0, 0.05) is 70.0 Å². The number of aliphatic carboxylic acids is 1. The molecule has 300 valence electrons. The van der Waals surface area contributed by atoms with Gasteiger partial charge in [0.1, 0.15) is 29.3 Å². The number of rotatable bonds is 12. The Balaban J connectivity index is 0.950. The number of piperazine rings is 1. The second kappa shape index (κ2) is 16.9. The summed E-state index contributed by atoms with van der Waals surface area (Å²) in [7, 11) is 0. The molecule has 2 N–H and O–H groups in total. The lowest BCUT2D eigenvalue weighted by Crippen LogP contribution is -2.49. The van der Waals surface area contributed by atoms with Crippen molar-refractivity contribution >= 4 is 40.5 Å². The molecule has 2 amide bonds. The minimum atomic E-state index is -1.13. The number of alkyl carbamates (subject to hydrolysis) is 1. The topological polar surface area (TPSA) is 147 Å². The molecule has 7 rings (SSSR count). The number of halogens is 2. The lowest BCUT2D eigenvalue weighted by Gasteiger charge is -2.34. The number of nitrogens with zero attached hydrogens (tertiary/aromatic N) is 7. The van der Waals surface area contributed by atoms with Crippen molar-refractivity contribution in [2.45, 2.75) is 51.5 Å². The van der Waals surface area contributed by atoms with Crippen LogP contribution in [0.2, 0.25) is 5.02 Å². The lowest BCUT2D eigenvalue weighted by molar-refractivity contribution is -0.141. The zero-order chi connectivity index (χ0) is 40.3. The average Bonchev–Trinajstić information content (AvgIpc) is 3.93. The largest absolute Gasteiger partial charge is 0.488 e. The van der Waals surface area contributed by atoms with Crippen LogP contribution in [0.3, 0.4) is 0 Å². The van der Waals surface area contributed by atoms with Gasteiger partial charge in [0.05, 0.1) is 41.1 Å². The molecule has 0 bridgehead atoms. The van der Waals surface area contributed by atoms with E-state index in [4.69, 9.17) is 26.2 Å². The van der Waals surface area contributed by atoms with Crippen molar-refractivity contribution in [1.29, 1.82) is 0 Å². The highest BCUT2D eigenvalue weighted by atomic mass is 35.5.